The maximum Gasteiger partial charge on any atom is 0.265 e. The SMILES string of the molecule is CN1C(=O)/C(=C/c2ccccc2OCc2ccccc2Cl)SC1=S. The molecule has 0 saturated carbocycles. The summed E-state index contributed by atoms with van der Waals surface area (Å²) in [6.45, 7) is 0.360. The van der Waals surface area contributed by atoms with Crippen molar-refractivity contribution in [3.63, 3.8) is 0 Å². The fourth-order valence-corrected chi connectivity index (χ4v) is 3.55. The zero-order valence-corrected chi connectivity index (χ0v) is 15.3. The number of carbonyl (C=O) groups is 1. The quantitative estimate of drug-likeness (QED) is 0.569. The number of halogens is 1. The number of carbonyl (C=O) groups excluding carboxylic acids is 1. The lowest BCUT2D eigenvalue weighted by atomic mass is 10.1. The largest absolute Gasteiger partial charge is 0.488 e. The molecular formula is C18H14ClNO2S2. The van der Waals surface area contributed by atoms with Crippen molar-refractivity contribution < 1.29 is 9.53 Å². The number of hydrogen-bond donors (Lipinski definition) is 0. The van der Waals surface area contributed by atoms with Gasteiger partial charge >= 0.3 is 0 Å². The number of ether oxygens (including phenoxy) is 1. The molecule has 0 radical (unpaired) electrons. The minimum Gasteiger partial charge on any atom is -0.488 e. The molecule has 0 aromatic heterocycles. The Hall–Kier alpha value is -1.82. The fourth-order valence-electron chi connectivity index (χ4n) is 2.19. The number of hydrogen-bond acceptors (Lipinski definition) is 4. The summed E-state index contributed by atoms with van der Waals surface area (Å²) in [5.74, 6) is 0.602. The van der Waals surface area contributed by atoms with E-state index in [1.54, 1.807) is 7.05 Å². The summed E-state index contributed by atoms with van der Waals surface area (Å²) in [6.07, 6.45) is 1.81. The number of para-hydroxylation sites is 1. The van der Waals surface area contributed by atoms with Gasteiger partial charge in [0.25, 0.3) is 5.91 Å². The lowest BCUT2D eigenvalue weighted by molar-refractivity contribution is -0.121. The Morgan fingerprint density at radius 2 is 1.92 bits per heavy atom. The van der Waals surface area contributed by atoms with E-state index in [0.717, 1.165) is 11.1 Å². The number of rotatable bonds is 4. The third-order valence-corrected chi connectivity index (χ3v) is 5.39. The van der Waals surface area contributed by atoms with Gasteiger partial charge in [0.15, 0.2) is 0 Å². The predicted molar refractivity (Wildman–Crippen MR) is 103 cm³/mol. The summed E-state index contributed by atoms with van der Waals surface area (Å²) < 4.78 is 6.46. The Morgan fingerprint density at radius 3 is 2.62 bits per heavy atom. The molecule has 24 heavy (non-hydrogen) atoms. The van der Waals surface area contributed by atoms with Crippen molar-refractivity contribution in [3.05, 3.63) is 69.6 Å². The van der Waals surface area contributed by atoms with E-state index in [-0.39, 0.29) is 5.91 Å². The second kappa shape index (κ2) is 7.38. The average molecular weight is 376 g/mol. The standard InChI is InChI=1S/C18H14ClNO2S2/c1-20-17(21)16(24-18(20)23)10-12-6-3-5-9-15(12)22-11-13-7-2-4-8-14(13)19/h2-10H,11H2,1H3/b16-10-. The van der Waals surface area contributed by atoms with Crippen LogP contribution in [-0.2, 0) is 11.4 Å². The summed E-state index contributed by atoms with van der Waals surface area (Å²) in [5, 5.41) is 0.668. The van der Waals surface area contributed by atoms with Crippen molar-refractivity contribution in [2.45, 2.75) is 6.61 Å². The molecule has 1 amide bonds. The van der Waals surface area contributed by atoms with E-state index in [0.29, 0.717) is 26.6 Å². The van der Waals surface area contributed by atoms with Crippen LogP contribution in [0.15, 0.2) is 53.4 Å². The monoisotopic (exact) mass is 375 g/mol. The number of nitrogens with zero attached hydrogens (tertiary/aromatic N) is 1. The molecule has 0 bridgehead atoms. The highest BCUT2D eigenvalue weighted by molar-refractivity contribution is 8.26. The van der Waals surface area contributed by atoms with E-state index < -0.39 is 0 Å². The average Bonchev–Trinajstić information content (AvgIpc) is 2.82. The van der Waals surface area contributed by atoms with Crippen LogP contribution in [-0.4, -0.2) is 22.2 Å². The molecule has 2 aromatic carbocycles. The molecule has 1 saturated heterocycles. The fraction of sp³-hybridized carbons (Fsp3) is 0.111. The van der Waals surface area contributed by atoms with Crippen molar-refractivity contribution in [1.29, 1.82) is 0 Å². The van der Waals surface area contributed by atoms with E-state index in [1.807, 2.05) is 54.6 Å². The molecule has 1 aliphatic heterocycles. The normalized spacial score (nSPS) is 16.1. The molecule has 1 aliphatic rings. The maximum atomic E-state index is 12.1. The van der Waals surface area contributed by atoms with E-state index in [1.165, 1.54) is 16.7 Å². The van der Waals surface area contributed by atoms with Crippen molar-refractivity contribution in [1.82, 2.24) is 4.90 Å². The molecule has 122 valence electrons. The Kier molecular flexibility index (Phi) is 5.23. The lowest BCUT2D eigenvalue weighted by Crippen LogP contribution is -2.22. The zero-order chi connectivity index (χ0) is 17.1. The lowest BCUT2D eigenvalue weighted by Gasteiger charge is -2.10. The maximum absolute atomic E-state index is 12.1. The summed E-state index contributed by atoms with van der Waals surface area (Å²) in [5.41, 5.74) is 1.74. The first-order valence-corrected chi connectivity index (χ1v) is 8.83. The van der Waals surface area contributed by atoms with Gasteiger partial charge in [-0.2, -0.15) is 0 Å². The van der Waals surface area contributed by atoms with Crippen molar-refractivity contribution >= 4 is 51.9 Å². The van der Waals surface area contributed by atoms with Gasteiger partial charge in [0.05, 0.1) is 4.91 Å². The molecule has 1 fully saturated rings. The Balaban J connectivity index is 1.83. The topological polar surface area (TPSA) is 29.5 Å². The van der Waals surface area contributed by atoms with Gasteiger partial charge in [-0.25, -0.2) is 0 Å². The molecule has 0 N–H and O–H groups in total. The minimum absolute atomic E-state index is 0.0918. The Morgan fingerprint density at radius 1 is 1.21 bits per heavy atom. The van der Waals surface area contributed by atoms with Crippen LogP contribution in [0.1, 0.15) is 11.1 Å². The van der Waals surface area contributed by atoms with Crippen LogP contribution in [0, 0.1) is 0 Å². The van der Waals surface area contributed by atoms with Crippen LogP contribution < -0.4 is 4.74 Å². The predicted octanol–water partition coefficient (Wildman–Crippen LogP) is 4.75. The van der Waals surface area contributed by atoms with Crippen molar-refractivity contribution in [2.24, 2.45) is 0 Å². The number of thioether (sulfide) groups is 1. The second-order valence-electron chi connectivity index (χ2n) is 5.16. The molecule has 6 heteroatoms. The summed E-state index contributed by atoms with van der Waals surface area (Å²) in [7, 11) is 1.68. The highest BCUT2D eigenvalue weighted by Gasteiger charge is 2.28. The molecule has 0 aliphatic carbocycles. The summed E-state index contributed by atoms with van der Waals surface area (Å²) in [4.78, 5) is 14.2. The smallest absolute Gasteiger partial charge is 0.265 e. The van der Waals surface area contributed by atoms with E-state index in [2.05, 4.69) is 0 Å². The molecule has 0 unspecified atom stereocenters. The van der Waals surface area contributed by atoms with Gasteiger partial charge in [0.1, 0.15) is 16.7 Å². The third-order valence-electron chi connectivity index (χ3n) is 3.53. The first-order valence-electron chi connectivity index (χ1n) is 7.23. The molecule has 0 spiro atoms. The van der Waals surface area contributed by atoms with E-state index in [4.69, 9.17) is 28.6 Å². The molecule has 0 atom stereocenters. The van der Waals surface area contributed by atoms with Crippen molar-refractivity contribution in [2.75, 3.05) is 7.05 Å². The van der Waals surface area contributed by atoms with E-state index in [9.17, 15) is 4.79 Å². The van der Waals surface area contributed by atoms with Crippen LogP contribution >= 0.6 is 35.6 Å². The number of amides is 1. The van der Waals surface area contributed by atoms with Crippen molar-refractivity contribution in [3.8, 4) is 5.75 Å². The number of thiocarbonyl (C=S) groups is 1. The van der Waals surface area contributed by atoms with Gasteiger partial charge in [0.2, 0.25) is 0 Å². The number of benzene rings is 2. The molecule has 3 rings (SSSR count). The minimum atomic E-state index is -0.0918. The summed E-state index contributed by atoms with van der Waals surface area (Å²) >= 11 is 12.6. The second-order valence-corrected chi connectivity index (χ2v) is 7.24. The highest BCUT2D eigenvalue weighted by Crippen LogP contribution is 2.33. The zero-order valence-electron chi connectivity index (χ0n) is 12.9. The first kappa shape index (κ1) is 17.0. The Labute approximate surface area is 155 Å². The first-order chi connectivity index (χ1) is 11.6. The summed E-state index contributed by atoms with van der Waals surface area (Å²) in [6, 6.07) is 15.1. The molecule has 2 aromatic rings. The van der Waals surface area contributed by atoms with Crippen LogP contribution in [0.4, 0.5) is 0 Å². The Bertz CT molecular complexity index is 835. The van der Waals surface area contributed by atoms with Gasteiger partial charge in [-0.05, 0) is 18.2 Å². The van der Waals surface area contributed by atoms with Gasteiger partial charge in [-0.1, -0.05) is 72.0 Å². The third kappa shape index (κ3) is 3.64. The molecule has 3 nitrogen and oxygen atoms in total. The van der Waals surface area contributed by atoms with Gasteiger partial charge in [-0.3, -0.25) is 9.69 Å². The highest BCUT2D eigenvalue weighted by atomic mass is 35.5. The molecule has 1 heterocycles. The van der Waals surface area contributed by atoms with Crippen LogP contribution in [0.25, 0.3) is 6.08 Å². The number of likely N-dealkylation sites (N-methyl/N-ethyl adjacent to an activating group) is 1. The van der Waals surface area contributed by atoms with Crippen LogP contribution in [0.3, 0.4) is 0 Å². The van der Waals surface area contributed by atoms with Gasteiger partial charge < -0.3 is 4.74 Å². The van der Waals surface area contributed by atoms with Crippen LogP contribution in [0.5, 0.6) is 5.75 Å². The molecular weight excluding hydrogens is 362 g/mol. The van der Waals surface area contributed by atoms with Gasteiger partial charge in [0, 0.05) is 23.2 Å². The van der Waals surface area contributed by atoms with E-state index >= 15 is 0 Å². The van der Waals surface area contributed by atoms with Gasteiger partial charge in [-0.15, -0.1) is 0 Å². The van der Waals surface area contributed by atoms with Crippen LogP contribution in [0.2, 0.25) is 5.02 Å².